The molecule has 3 N–H and O–H groups in total. The van der Waals surface area contributed by atoms with E-state index in [9.17, 15) is 9.90 Å². The molecule has 9 nitrogen and oxygen atoms in total. The van der Waals surface area contributed by atoms with Gasteiger partial charge in [-0.2, -0.15) is 9.61 Å². The van der Waals surface area contributed by atoms with Crippen molar-refractivity contribution in [2.75, 3.05) is 5.73 Å². The Kier molecular flexibility index (Phi) is 5.30. The number of carbonyl (C=O) groups is 1. The van der Waals surface area contributed by atoms with Crippen LogP contribution in [0.25, 0.3) is 28.0 Å². The third kappa shape index (κ3) is 3.60. The molecular formula is C22H20BrN7O2. The Balaban J connectivity index is 1.51. The Morgan fingerprint density at radius 2 is 1.81 bits per heavy atom. The fourth-order valence-corrected chi connectivity index (χ4v) is 4.84. The van der Waals surface area contributed by atoms with Crippen LogP contribution in [0.3, 0.4) is 0 Å². The molecule has 0 radical (unpaired) electrons. The minimum absolute atomic E-state index is 0.147. The molecule has 4 aromatic rings. The Hall–Kier alpha value is -3.40. The summed E-state index contributed by atoms with van der Waals surface area (Å²) in [5, 5.41) is 13.7. The fourth-order valence-electron chi connectivity index (χ4n) is 4.26. The van der Waals surface area contributed by atoms with Crippen molar-refractivity contribution in [1.82, 2.24) is 29.5 Å². The van der Waals surface area contributed by atoms with Gasteiger partial charge in [0.05, 0.1) is 28.0 Å². The highest BCUT2D eigenvalue weighted by Gasteiger charge is 2.30. The largest absolute Gasteiger partial charge is 0.481 e. The highest BCUT2D eigenvalue weighted by atomic mass is 79.9. The maximum Gasteiger partial charge on any atom is 0.306 e. The molecule has 32 heavy (non-hydrogen) atoms. The number of nitrogens with zero attached hydrogens (tertiary/aromatic N) is 6. The maximum atomic E-state index is 11.3. The summed E-state index contributed by atoms with van der Waals surface area (Å²) in [7, 11) is 0. The number of carboxylic acid groups (broad SMARTS) is 1. The van der Waals surface area contributed by atoms with Gasteiger partial charge in [-0.15, -0.1) is 0 Å². The number of halogens is 1. The molecule has 1 aliphatic rings. The van der Waals surface area contributed by atoms with E-state index in [4.69, 9.17) is 10.7 Å². The highest BCUT2D eigenvalue weighted by molar-refractivity contribution is 9.10. The van der Waals surface area contributed by atoms with Crippen LogP contribution in [0.5, 0.6) is 0 Å². The molecule has 0 spiro atoms. The monoisotopic (exact) mass is 493 g/mol. The van der Waals surface area contributed by atoms with Gasteiger partial charge in [0.1, 0.15) is 12.1 Å². The van der Waals surface area contributed by atoms with E-state index in [1.165, 1.54) is 6.33 Å². The zero-order chi connectivity index (χ0) is 22.2. The second-order valence-electron chi connectivity index (χ2n) is 7.94. The quantitative estimate of drug-likeness (QED) is 0.436. The lowest BCUT2D eigenvalue weighted by atomic mass is 9.80. The highest BCUT2D eigenvalue weighted by Crippen LogP contribution is 2.40. The molecule has 5 rings (SSSR count). The van der Waals surface area contributed by atoms with Gasteiger partial charge in [0, 0.05) is 41.2 Å². The van der Waals surface area contributed by atoms with Crippen LogP contribution in [0.4, 0.5) is 5.82 Å². The van der Waals surface area contributed by atoms with Crippen LogP contribution in [-0.4, -0.2) is 40.6 Å². The van der Waals surface area contributed by atoms with E-state index in [-0.39, 0.29) is 11.8 Å². The van der Waals surface area contributed by atoms with Crippen molar-refractivity contribution in [2.24, 2.45) is 5.92 Å². The number of carboxylic acids is 1. The first-order chi connectivity index (χ1) is 15.5. The summed E-state index contributed by atoms with van der Waals surface area (Å²) in [6.45, 7) is 0. The average Bonchev–Trinajstić information content (AvgIpc) is 3.26. The molecule has 1 aliphatic carbocycles. The van der Waals surface area contributed by atoms with Crippen molar-refractivity contribution in [1.29, 1.82) is 0 Å². The smallest absolute Gasteiger partial charge is 0.306 e. The predicted molar refractivity (Wildman–Crippen MR) is 122 cm³/mol. The molecule has 4 aromatic heterocycles. The van der Waals surface area contributed by atoms with Gasteiger partial charge in [-0.1, -0.05) is 6.07 Å². The summed E-state index contributed by atoms with van der Waals surface area (Å²) in [5.41, 5.74) is 11.2. The van der Waals surface area contributed by atoms with Gasteiger partial charge in [0.15, 0.2) is 5.65 Å². The Morgan fingerprint density at radius 3 is 2.47 bits per heavy atom. The van der Waals surface area contributed by atoms with Crippen LogP contribution >= 0.6 is 15.9 Å². The zero-order valence-corrected chi connectivity index (χ0v) is 18.6. The first-order valence-electron chi connectivity index (χ1n) is 10.3. The molecule has 0 aromatic carbocycles. The number of nitrogen functional groups attached to an aromatic ring is 1. The van der Waals surface area contributed by atoms with Crippen molar-refractivity contribution in [3.63, 3.8) is 0 Å². The lowest BCUT2D eigenvalue weighted by Gasteiger charge is -2.26. The lowest BCUT2D eigenvalue weighted by Crippen LogP contribution is -2.21. The first kappa shape index (κ1) is 20.5. The van der Waals surface area contributed by atoms with Gasteiger partial charge in [0.25, 0.3) is 0 Å². The number of aromatic nitrogens is 6. The van der Waals surface area contributed by atoms with Crippen LogP contribution in [0.2, 0.25) is 0 Å². The fraction of sp³-hybridized carbons (Fsp3) is 0.273. The standard InChI is InChI=1S/C22H20BrN7O2/c23-18-19(12-1-3-13(4-2-12)22(31)32)29-21-16(10-28-30(21)20(18)24)14-5-6-17(27-9-14)15-7-25-11-26-8-15/h5-13H,1-4,24H2,(H,31,32). The van der Waals surface area contributed by atoms with Gasteiger partial charge in [0.2, 0.25) is 0 Å². The molecule has 0 saturated heterocycles. The number of rotatable bonds is 4. The number of anilines is 1. The first-order valence-corrected chi connectivity index (χ1v) is 11.1. The minimum atomic E-state index is -0.721. The van der Waals surface area contributed by atoms with Crippen LogP contribution in [0.15, 0.2) is 47.7 Å². The summed E-state index contributed by atoms with van der Waals surface area (Å²) < 4.78 is 2.33. The van der Waals surface area contributed by atoms with Gasteiger partial charge in [-0.05, 0) is 47.7 Å². The van der Waals surface area contributed by atoms with Crippen LogP contribution in [0.1, 0.15) is 37.3 Å². The molecule has 0 atom stereocenters. The van der Waals surface area contributed by atoms with Gasteiger partial charge < -0.3 is 10.8 Å². The molecule has 0 aliphatic heterocycles. The normalized spacial score (nSPS) is 18.7. The summed E-state index contributed by atoms with van der Waals surface area (Å²) in [6, 6.07) is 3.87. The van der Waals surface area contributed by atoms with E-state index < -0.39 is 5.97 Å². The van der Waals surface area contributed by atoms with E-state index in [0.717, 1.165) is 45.4 Å². The lowest BCUT2D eigenvalue weighted by molar-refractivity contribution is -0.142. The third-order valence-electron chi connectivity index (χ3n) is 6.04. The Labute approximate surface area is 191 Å². The molecular weight excluding hydrogens is 474 g/mol. The molecule has 0 bridgehead atoms. The maximum absolute atomic E-state index is 11.3. The number of hydrogen-bond acceptors (Lipinski definition) is 7. The molecule has 0 unspecified atom stereocenters. The van der Waals surface area contributed by atoms with Crippen LogP contribution < -0.4 is 5.73 Å². The van der Waals surface area contributed by atoms with E-state index in [0.29, 0.717) is 24.3 Å². The van der Waals surface area contributed by atoms with Crippen molar-refractivity contribution < 1.29 is 9.90 Å². The van der Waals surface area contributed by atoms with E-state index in [1.54, 1.807) is 29.3 Å². The predicted octanol–water partition coefficient (Wildman–Crippen LogP) is 3.95. The van der Waals surface area contributed by atoms with Gasteiger partial charge in [-0.3, -0.25) is 9.78 Å². The zero-order valence-electron chi connectivity index (χ0n) is 17.0. The van der Waals surface area contributed by atoms with Crippen molar-refractivity contribution in [3.05, 3.63) is 53.4 Å². The second-order valence-corrected chi connectivity index (χ2v) is 8.73. The molecule has 4 heterocycles. The molecule has 0 amide bonds. The van der Waals surface area contributed by atoms with Crippen LogP contribution in [0, 0.1) is 5.92 Å². The van der Waals surface area contributed by atoms with Crippen molar-refractivity contribution in [3.8, 4) is 22.4 Å². The third-order valence-corrected chi connectivity index (χ3v) is 6.85. The minimum Gasteiger partial charge on any atom is -0.481 e. The topological polar surface area (TPSA) is 132 Å². The number of nitrogens with two attached hydrogens (primary N) is 1. The molecule has 1 saturated carbocycles. The molecule has 1 fully saturated rings. The molecule has 162 valence electrons. The van der Waals surface area contributed by atoms with E-state index in [2.05, 4.69) is 36.0 Å². The number of pyridine rings is 1. The Morgan fingerprint density at radius 1 is 1.06 bits per heavy atom. The summed E-state index contributed by atoms with van der Waals surface area (Å²) in [4.78, 5) is 28.8. The van der Waals surface area contributed by atoms with Crippen LogP contribution in [-0.2, 0) is 4.79 Å². The second kappa shape index (κ2) is 8.27. The van der Waals surface area contributed by atoms with Gasteiger partial charge >= 0.3 is 5.97 Å². The number of hydrogen-bond donors (Lipinski definition) is 2. The Bertz CT molecular complexity index is 1280. The van der Waals surface area contributed by atoms with E-state index in [1.807, 2.05) is 12.1 Å². The van der Waals surface area contributed by atoms with Crippen molar-refractivity contribution in [2.45, 2.75) is 31.6 Å². The van der Waals surface area contributed by atoms with Crippen molar-refractivity contribution >= 4 is 33.4 Å². The number of aliphatic carboxylic acids is 1. The van der Waals surface area contributed by atoms with Gasteiger partial charge in [-0.25, -0.2) is 15.0 Å². The summed E-state index contributed by atoms with van der Waals surface area (Å²) >= 11 is 3.59. The number of fused-ring (bicyclic) bond motifs is 1. The SMILES string of the molecule is Nc1c(Br)c(C2CCC(C(=O)O)CC2)nc2c(-c3ccc(-c4cncnc4)nc3)cnn12. The van der Waals surface area contributed by atoms with E-state index >= 15 is 0 Å². The summed E-state index contributed by atoms with van der Waals surface area (Å²) in [5.74, 6) is -0.381. The summed E-state index contributed by atoms with van der Waals surface area (Å²) in [6.07, 6.45) is 11.2. The molecule has 10 heteroatoms. The average molecular weight is 494 g/mol.